The van der Waals surface area contributed by atoms with Crippen LogP contribution in [0.4, 0.5) is 0 Å². The summed E-state index contributed by atoms with van der Waals surface area (Å²) in [5.41, 5.74) is 5.83. The zero-order valence-corrected chi connectivity index (χ0v) is 12.0. The Balaban J connectivity index is 2.38. The Morgan fingerprint density at radius 1 is 1.22 bits per heavy atom. The van der Waals surface area contributed by atoms with E-state index in [1.807, 2.05) is 0 Å². The van der Waals surface area contributed by atoms with E-state index in [4.69, 9.17) is 41.2 Å². The lowest BCUT2D eigenvalue weighted by atomic mass is 10.2. The van der Waals surface area contributed by atoms with Gasteiger partial charge in [0.25, 0.3) is 5.91 Å². The maximum Gasteiger partial charge on any atom is 0.251 e. The molecule has 0 aromatic heterocycles. The van der Waals surface area contributed by atoms with Crippen molar-refractivity contribution in [2.45, 2.75) is 19.3 Å². The highest BCUT2D eigenvalue weighted by Gasteiger charge is 2.06. The van der Waals surface area contributed by atoms with E-state index >= 15 is 0 Å². The van der Waals surface area contributed by atoms with E-state index in [0.29, 0.717) is 33.6 Å². The third-order valence-electron chi connectivity index (χ3n) is 2.26. The molecule has 98 valence electrons. The maximum atomic E-state index is 11.8. The van der Waals surface area contributed by atoms with Gasteiger partial charge < -0.3 is 11.1 Å². The van der Waals surface area contributed by atoms with Crippen LogP contribution in [0, 0.1) is 0 Å². The SMILES string of the molecule is NC(=S)CCCCNC(=O)c1cc(Cl)cc(Cl)c1. The highest BCUT2D eigenvalue weighted by atomic mass is 35.5. The highest BCUT2D eigenvalue weighted by molar-refractivity contribution is 7.80. The van der Waals surface area contributed by atoms with E-state index in [-0.39, 0.29) is 5.91 Å². The Morgan fingerprint density at radius 2 is 1.83 bits per heavy atom. The summed E-state index contributed by atoms with van der Waals surface area (Å²) in [5.74, 6) is -0.185. The first-order chi connectivity index (χ1) is 8.49. The monoisotopic (exact) mass is 304 g/mol. The molecular weight excluding hydrogens is 291 g/mol. The van der Waals surface area contributed by atoms with E-state index in [0.717, 1.165) is 12.8 Å². The van der Waals surface area contributed by atoms with Crippen molar-refractivity contribution >= 4 is 46.3 Å². The fraction of sp³-hybridized carbons (Fsp3) is 0.333. The molecular formula is C12H14Cl2N2OS. The summed E-state index contributed by atoms with van der Waals surface area (Å²) in [6.07, 6.45) is 2.40. The molecule has 18 heavy (non-hydrogen) atoms. The number of amides is 1. The third kappa shape index (κ3) is 5.67. The molecule has 0 saturated heterocycles. The Morgan fingerprint density at radius 3 is 2.39 bits per heavy atom. The van der Waals surface area contributed by atoms with Gasteiger partial charge in [0.05, 0.1) is 4.99 Å². The standard InChI is InChI=1S/C12H14Cl2N2OS/c13-9-5-8(6-10(14)7-9)12(17)16-4-2-1-3-11(15)18/h5-7H,1-4H2,(H2,15,18)(H,16,17). The summed E-state index contributed by atoms with van der Waals surface area (Å²) in [7, 11) is 0. The van der Waals surface area contributed by atoms with Gasteiger partial charge in [-0.1, -0.05) is 35.4 Å². The summed E-state index contributed by atoms with van der Waals surface area (Å²) in [4.78, 5) is 12.3. The molecule has 0 aliphatic rings. The van der Waals surface area contributed by atoms with Gasteiger partial charge in [0.15, 0.2) is 0 Å². The van der Waals surface area contributed by atoms with Gasteiger partial charge in [0.2, 0.25) is 0 Å². The molecule has 0 aliphatic heterocycles. The lowest BCUT2D eigenvalue weighted by Crippen LogP contribution is -2.24. The molecule has 0 spiro atoms. The lowest BCUT2D eigenvalue weighted by molar-refractivity contribution is 0.0953. The van der Waals surface area contributed by atoms with Crippen LogP contribution in [-0.2, 0) is 0 Å². The van der Waals surface area contributed by atoms with Crippen molar-refractivity contribution in [3.8, 4) is 0 Å². The van der Waals surface area contributed by atoms with E-state index < -0.39 is 0 Å². The molecule has 1 aromatic rings. The van der Waals surface area contributed by atoms with Gasteiger partial charge in [-0.2, -0.15) is 0 Å². The van der Waals surface area contributed by atoms with E-state index in [9.17, 15) is 4.79 Å². The van der Waals surface area contributed by atoms with Gasteiger partial charge in [0.1, 0.15) is 0 Å². The molecule has 0 aliphatic carbocycles. The minimum atomic E-state index is -0.185. The second-order valence-corrected chi connectivity index (χ2v) is 5.23. The average molecular weight is 305 g/mol. The van der Waals surface area contributed by atoms with Crippen molar-refractivity contribution in [3.05, 3.63) is 33.8 Å². The predicted octanol–water partition coefficient (Wildman–Crippen LogP) is 3.18. The van der Waals surface area contributed by atoms with Crippen molar-refractivity contribution in [2.75, 3.05) is 6.54 Å². The average Bonchev–Trinajstić information content (AvgIpc) is 2.26. The number of benzene rings is 1. The van der Waals surface area contributed by atoms with Gasteiger partial charge in [-0.25, -0.2) is 0 Å². The summed E-state index contributed by atoms with van der Waals surface area (Å²) in [6.45, 7) is 0.575. The van der Waals surface area contributed by atoms with Crippen LogP contribution in [0.5, 0.6) is 0 Å². The number of carbonyl (C=O) groups excluding carboxylic acids is 1. The van der Waals surface area contributed by atoms with Crippen molar-refractivity contribution in [3.63, 3.8) is 0 Å². The van der Waals surface area contributed by atoms with Gasteiger partial charge in [-0.05, 0) is 37.5 Å². The number of hydrogen-bond donors (Lipinski definition) is 2. The van der Waals surface area contributed by atoms with Crippen molar-refractivity contribution in [1.82, 2.24) is 5.32 Å². The maximum absolute atomic E-state index is 11.8. The van der Waals surface area contributed by atoms with E-state index in [1.54, 1.807) is 18.2 Å². The fourth-order valence-electron chi connectivity index (χ4n) is 1.41. The number of nitrogens with two attached hydrogens (primary N) is 1. The number of halogens is 2. The Labute approximate surface area is 122 Å². The number of unbranched alkanes of at least 4 members (excludes halogenated alkanes) is 1. The molecule has 0 unspecified atom stereocenters. The van der Waals surface area contributed by atoms with Crippen LogP contribution in [-0.4, -0.2) is 17.4 Å². The Bertz CT molecular complexity index is 431. The third-order valence-corrected chi connectivity index (χ3v) is 2.90. The fourth-order valence-corrected chi connectivity index (χ4v) is 2.08. The number of nitrogens with one attached hydrogen (secondary N) is 1. The van der Waals surface area contributed by atoms with Crippen molar-refractivity contribution in [2.24, 2.45) is 5.73 Å². The first-order valence-corrected chi connectivity index (χ1v) is 6.68. The first kappa shape index (κ1) is 15.2. The quantitative estimate of drug-likeness (QED) is 0.627. The highest BCUT2D eigenvalue weighted by Crippen LogP contribution is 2.18. The number of rotatable bonds is 6. The summed E-state index contributed by atoms with van der Waals surface area (Å²) >= 11 is 16.4. The van der Waals surface area contributed by atoms with E-state index in [2.05, 4.69) is 5.32 Å². The second-order valence-electron chi connectivity index (χ2n) is 3.84. The molecule has 0 radical (unpaired) electrons. The van der Waals surface area contributed by atoms with Crippen LogP contribution < -0.4 is 11.1 Å². The Kier molecular flexibility index (Phi) is 6.39. The van der Waals surface area contributed by atoms with Crippen LogP contribution in [0.1, 0.15) is 29.6 Å². The van der Waals surface area contributed by atoms with Gasteiger partial charge in [0, 0.05) is 22.2 Å². The van der Waals surface area contributed by atoms with Gasteiger partial charge in [-0.3, -0.25) is 4.79 Å². The number of carbonyl (C=O) groups is 1. The number of thiocarbonyl (C=S) groups is 1. The topological polar surface area (TPSA) is 55.1 Å². The summed E-state index contributed by atoms with van der Waals surface area (Å²) < 4.78 is 0. The van der Waals surface area contributed by atoms with E-state index in [1.165, 1.54) is 0 Å². The van der Waals surface area contributed by atoms with Crippen LogP contribution in [0.15, 0.2) is 18.2 Å². The van der Waals surface area contributed by atoms with Crippen molar-refractivity contribution < 1.29 is 4.79 Å². The molecule has 0 atom stereocenters. The second kappa shape index (κ2) is 7.56. The summed E-state index contributed by atoms with van der Waals surface area (Å²) in [6, 6.07) is 4.75. The Hall–Kier alpha value is -0.840. The first-order valence-electron chi connectivity index (χ1n) is 5.51. The van der Waals surface area contributed by atoms with Crippen LogP contribution in [0.3, 0.4) is 0 Å². The van der Waals surface area contributed by atoms with Crippen LogP contribution >= 0.6 is 35.4 Å². The molecule has 0 bridgehead atoms. The molecule has 0 heterocycles. The molecule has 0 fully saturated rings. The normalized spacial score (nSPS) is 10.1. The minimum Gasteiger partial charge on any atom is -0.393 e. The molecule has 1 rings (SSSR count). The largest absolute Gasteiger partial charge is 0.393 e. The minimum absolute atomic E-state index is 0.185. The molecule has 1 amide bonds. The molecule has 0 saturated carbocycles. The summed E-state index contributed by atoms with van der Waals surface area (Å²) in [5, 5.41) is 3.68. The van der Waals surface area contributed by atoms with Crippen LogP contribution in [0.25, 0.3) is 0 Å². The smallest absolute Gasteiger partial charge is 0.251 e. The van der Waals surface area contributed by atoms with Crippen LogP contribution in [0.2, 0.25) is 10.0 Å². The van der Waals surface area contributed by atoms with Gasteiger partial charge in [-0.15, -0.1) is 0 Å². The zero-order valence-electron chi connectivity index (χ0n) is 9.71. The lowest BCUT2D eigenvalue weighted by Gasteiger charge is -2.06. The molecule has 6 heteroatoms. The molecule has 1 aromatic carbocycles. The van der Waals surface area contributed by atoms with Gasteiger partial charge >= 0.3 is 0 Å². The predicted molar refractivity (Wildman–Crippen MR) is 79.4 cm³/mol. The number of hydrogen-bond acceptors (Lipinski definition) is 2. The molecule has 3 N–H and O–H groups in total. The van der Waals surface area contributed by atoms with Crippen molar-refractivity contribution in [1.29, 1.82) is 0 Å². The molecule has 3 nitrogen and oxygen atoms in total. The zero-order chi connectivity index (χ0) is 13.5.